The third-order valence-corrected chi connectivity index (χ3v) is 10.9. The average Bonchev–Trinajstić information content (AvgIpc) is 3.21. The molecule has 4 aliphatic rings. The predicted molar refractivity (Wildman–Crippen MR) is 156 cm³/mol. The smallest absolute Gasteiger partial charge is 0.480 e. The zero-order valence-corrected chi connectivity index (χ0v) is 26.7. The second-order valence-corrected chi connectivity index (χ2v) is 13.4. The fourth-order valence-corrected chi connectivity index (χ4v) is 8.31. The van der Waals surface area contributed by atoms with Gasteiger partial charge >= 0.3 is 12.1 Å². The lowest BCUT2D eigenvalue weighted by molar-refractivity contribution is -0.492. The molecule has 4 aliphatic carbocycles. The number of nitrogens with one attached hydrogen (secondary N) is 1. The second-order valence-electron chi connectivity index (χ2n) is 13.4. The molecule has 1 amide bonds. The maximum atomic E-state index is 17.2. The molecule has 16 nitrogen and oxygen atoms in total. The fraction of sp³-hybridized carbons (Fsp3) is 0.710. The summed E-state index contributed by atoms with van der Waals surface area (Å²) in [6.07, 6.45) is 0.192. The second kappa shape index (κ2) is 14.3. The van der Waals surface area contributed by atoms with Crippen LogP contribution in [-0.2, 0) is 33.5 Å². The molecule has 9 atom stereocenters. The van der Waals surface area contributed by atoms with Crippen molar-refractivity contribution in [3.8, 4) is 0 Å². The molecule has 268 valence electrons. The Balaban J connectivity index is 1.34. The van der Waals surface area contributed by atoms with Gasteiger partial charge in [0, 0.05) is 23.2 Å². The van der Waals surface area contributed by atoms with Crippen LogP contribution in [-0.4, -0.2) is 115 Å². The van der Waals surface area contributed by atoms with E-state index in [9.17, 15) is 44.4 Å². The number of carboxylic acid groups (broad SMARTS) is 1. The number of hydrogen-bond donors (Lipinski definition) is 7. The number of carbonyl (C=O) groups excluding carboxylic acids is 4. The maximum Gasteiger partial charge on any atom is 0.508 e. The molecule has 17 heteroatoms. The lowest BCUT2D eigenvalue weighted by Crippen LogP contribution is -2.69. The van der Waals surface area contributed by atoms with E-state index in [-0.39, 0.29) is 31.7 Å². The van der Waals surface area contributed by atoms with Crippen LogP contribution in [0.1, 0.15) is 65.2 Å². The molecule has 0 aromatic heterocycles. The van der Waals surface area contributed by atoms with Crippen LogP contribution in [0.2, 0.25) is 0 Å². The number of nitrogens with zero attached hydrogens (tertiary/aromatic N) is 1. The summed E-state index contributed by atoms with van der Waals surface area (Å²) in [4.78, 5) is 65.8. The highest BCUT2D eigenvalue weighted by atomic mass is 19.1. The molecule has 0 aliphatic heterocycles. The van der Waals surface area contributed by atoms with E-state index in [4.69, 9.17) is 19.9 Å². The van der Waals surface area contributed by atoms with Crippen molar-refractivity contribution in [3.63, 3.8) is 0 Å². The summed E-state index contributed by atoms with van der Waals surface area (Å²) in [6.45, 7) is 1.10. The van der Waals surface area contributed by atoms with Gasteiger partial charge in [-0.2, -0.15) is 0 Å². The van der Waals surface area contributed by atoms with Crippen LogP contribution < -0.4 is 5.32 Å². The molecule has 0 radical (unpaired) electrons. The molecular weight excluding hydrogens is 643 g/mol. The van der Waals surface area contributed by atoms with Crippen LogP contribution in [0.25, 0.3) is 0 Å². The van der Waals surface area contributed by atoms with E-state index in [0.717, 1.165) is 0 Å². The number of carbonyl (C=O) groups is 5. The molecule has 3 saturated carbocycles. The lowest BCUT2D eigenvalue weighted by Gasteiger charge is -2.62. The molecule has 7 N–H and O–H groups in total. The molecule has 0 heterocycles. The number of halogens is 1. The number of ketones is 2. The van der Waals surface area contributed by atoms with Gasteiger partial charge in [0.2, 0.25) is 11.7 Å². The van der Waals surface area contributed by atoms with E-state index in [1.54, 1.807) is 6.92 Å². The minimum atomic E-state index is -2.55. The van der Waals surface area contributed by atoms with Crippen molar-refractivity contribution in [1.82, 2.24) is 10.7 Å². The molecule has 0 aromatic carbocycles. The number of amides is 1. The number of alkyl halides is 1. The largest absolute Gasteiger partial charge is 0.508 e. The van der Waals surface area contributed by atoms with Crippen LogP contribution >= 0.6 is 0 Å². The van der Waals surface area contributed by atoms with Crippen LogP contribution in [0.4, 0.5) is 9.18 Å². The van der Waals surface area contributed by atoms with Gasteiger partial charge in [-0.05, 0) is 63.5 Å². The summed E-state index contributed by atoms with van der Waals surface area (Å²) in [5.74, 6) is -5.27. The van der Waals surface area contributed by atoms with E-state index in [2.05, 4.69) is 10.2 Å². The van der Waals surface area contributed by atoms with E-state index in [1.807, 2.05) is 0 Å². The Bertz CT molecular complexity index is 1360. The van der Waals surface area contributed by atoms with Crippen molar-refractivity contribution in [2.45, 2.75) is 94.7 Å². The summed E-state index contributed by atoms with van der Waals surface area (Å²) in [6, 6.07) is -1.66. The first kappa shape index (κ1) is 37.5. The van der Waals surface area contributed by atoms with Gasteiger partial charge in [0.1, 0.15) is 6.61 Å². The summed E-state index contributed by atoms with van der Waals surface area (Å²) in [7, 11) is 0. The summed E-state index contributed by atoms with van der Waals surface area (Å²) in [5, 5.41) is 62.2. The zero-order chi connectivity index (χ0) is 35.7. The number of aliphatic hydroxyl groups excluding tert-OH is 2. The number of hydrogen-bond acceptors (Lipinski definition) is 14. The number of aliphatic hydroxyl groups is 3. The molecule has 0 saturated heterocycles. The molecule has 4 rings (SSSR count). The molecule has 0 aromatic rings. The number of Topliss-reactive ketones (excluding diaryl/α,β-unsaturated/α-hetero) is 1. The van der Waals surface area contributed by atoms with Gasteiger partial charge in [0.25, 0.3) is 0 Å². The Hall–Kier alpha value is -3.32. The standard InChI is InChI=1S/C31H43FN2O14/c1-28-10-9-18(35)12-17(28)7-8-19-20-13-22(36)31(43,29(20,2)14-23(37)30(19,28)32)24(38)16-47-27(42)46-15-21(26(40)41)33-25(39)6-4-3-5-11-48-34(44)45/h9-10,12,19-23,36-37,43-45H,3-8,11,13-16H2,1-2H3,(H,33,39)(H,40,41)/t19-,20-,21?,22+,23-,28-,29-,30-,31-/m0/s1. The Kier molecular flexibility index (Phi) is 11.1. The Morgan fingerprint density at radius 2 is 1.79 bits per heavy atom. The first-order chi connectivity index (χ1) is 22.4. The highest BCUT2D eigenvalue weighted by Gasteiger charge is 2.76. The predicted octanol–water partition coefficient (Wildman–Crippen LogP) is 0.923. The monoisotopic (exact) mass is 686 g/mol. The quantitative estimate of drug-likeness (QED) is 0.0763. The highest BCUT2D eigenvalue weighted by molar-refractivity contribution is 6.01. The number of rotatable bonds is 14. The minimum absolute atomic E-state index is 0.0261. The number of carboxylic acids is 1. The first-order valence-electron chi connectivity index (χ1n) is 15.8. The molecule has 1 unspecified atom stereocenters. The maximum absolute atomic E-state index is 17.2. The van der Waals surface area contributed by atoms with Gasteiger partial charge in [-0.15, -0.1) is 0 Å². The average molecular weight is 687 g/mol. The number of aliphatic carboxylic acids is 1. The van der Waals surface area contributed by atoms with Crippen molar-refractivity contribution in [3.05, 3.63) is 23.8 Å². The van der Waals surface area contributed by atoms with Crippen molar-refractivity contribution in [2.75, 3.05) is 19.8 Å². The summed E-state index contributed by atoms with van der Waals surface area (Å²) in [5.41, 5.74) is -7.12. The van der Waals surface area contributed by atoms with Gasteiger partial charge < -0.3 is 35.2 Å². The van der Waals surface area contributed by atoms with Crippen LogP contribution in [0.5, 0.6) is 0 Å². The number of ether oxygens (including phenoxy) is 2. The molecule has 0 spiro atoms. The Morgan fingerprint density at radius 3 is 2.46 bits per heavy atom. The number of allylic oxidation sites excluding steroid dienone is 4. The van der Waals surface area contributed by atoms with Gasteiger partial charge in [-0.25, -0.2) is 14.0 Å². The lowest BCUT2D eigenvalue weighted by atomic mass is 9.44. The topological polar surface area (TPSA) is 250 Å². The van der Waals surface area contributed by atoms with Gasteiger partial charge in [-0.3, -0.25) is 29.6 Å². The summed E-state index contributed by atoms with van der Waals surface area (Å²) >= 11 is 0. The molecule has 3 fully saturated rings. The molecule has 0 bridgehead atoms. The van der Waals surface area contributed by atoms with Crippen LogP contribution in [0.15, 0.2) is 23.8 Å². The number of unbranched alkanes of at least 4 members (excludes halogenated alkanes) is 2. The fourth-order valence-electron chi connectivity index (χ4n) is 8.31. The van der Waals surface area contributed by atoms with E-state index in [0.29, 0.717) is 31.3 Å². The minimum Gasteiger partial charge on any atom is -0.480 e. The Labute approximate surface area is 275 Å². The van der Waals surface area contributed by atoms with Crippen molar-refractivity contribution >= 4 is 29.6 Å². The normalized spacial score (nSPS) is 35.9. The first-order valence-corrected chi connectivity index (χ1v) is 15.8. The van der Waals surface area contributed by atoms with Crippen molar-refractivity contribution in [1.29, 1.82) is 0 Å². The van der Waals surface area contributed by atoms with Gasteiger partial charge in [0.15, 0.2) is 29.7 Å². The van der Waals surface area contributed by atoms with E-state index in [1.165, 1.54) is 25.2 Å². The zero-order valence-electron chi connectivity index (χ0n) is 26.7. The SMILES string of the molecule is C[C@]12C=CC(=O)C=C1CC[C@H]1[C@@H]3C[C@@H](O)[C@](O)(C(=O)COC(=O)OCC(NC(=O)CCCCCON(O)O)C(=O)O)[C@@]3(C)C[C@H](O)[C@@]12F. The van der Waals surface area contributed by atoms with Gasteiger partial charge in [0.05, 0.1) is 24.2 Å². The third-order valence-electron chi connectivity index (χ3n) is 10.9. The van der Waals surface area contributed by atoms with E-state index >= 15 is 4.39 Å². The Morgan fingerprint density at radius 1 is 1.08 bits per heavy atom. The van der Waals surface area contributed by atoms with Gasteiger partial charge in [-0.1, -0.05) is 25.0 Å². The highest BCUT2D eigenvalue weighted by Crippen LogP contribution is 2.69. The third kappa shape index (κ3) is 6.64. The van der Waals surface area contributed by atoms with Crippen LogP contribution in [0, 0.1) is 22.7 Å². The van der Waals surface area contributed by atoms with Crippen molar-refractivity contribution in [2.24, 2.45) is 22.7 Å². The summed E-state index contributed by atoms with van der Waals surface area (Å²) < 4.78 is 26.8. The molecule has 48 heavy (non-hydrogen) atoms. The molecular formula is C31H43FN2O14. The van der Waals surface area contributed by atoms with E-state index < -0.39 is 101 Å². The number of fused-ring (bicyclic) bond motifs is 5. The van der Waals surface area contributed by atoms with Crippen LogP contribution in [0.3, 0.4) is 0 Å². The van der Waals surface area contributed by atoms with Crippen molar-refractivity contribution < 1.29 is 73.5 Å².